The topological polar surface area (TPSA) is 35.2 Å². The van der Waals surface area contributed by atoms with E-state index in [1.54, 1.807) is 0 Å². The highest BCUT2D eigenvalue weighted by atomic mass is 79.9. The highest BCUT2D eigenvalue weighted by Gasteiger charge is 2.22. The first-order valence-corrected chi connectivity index (χ1v) is 4.66. The van der Waals surface area contributed by atoms with E-state index in [0.29, 0.717) is 6.61 Å². The summed E-state index contributed by atoms with van der Waals surface area (Å²) in [5, 5.41) is 0. The van der Waals surface area contributed by atoms with Crippen LogP contribution in [0.4, 0.5) is 0 Å². The molecule has 1 aromatic rings. The summed E-state index contributed by atoms with van der Waals surface area (Å²) in [6.07, 6.45) is 0. The van der Waals surface area contributed by atoms with Gasteiger partial charge in [-0.25, -0.2) is 0 Å². The zero-order chi connectivity index (χ0) is 8.72. The Labute approximate surface area is 79.8 Å². The van der Waals surface area contributed by atoms with Crippen molar-refractivity contribution >= 4 is 15.9 Å². The molecular formula is C9H10BrNO. The number of benzene rings is 1. The van der Waals surface area contributed by atoms with E-state index in [4.69, 9.17) is 10.5 Å². The van der Waals surface area contributed by atoms with Crippen LogP contribution in [0.3, 0.4) is 0 Å². The first-order chi connectivity index (χ1) is 5.68. The largest absolute Gasteiger partial charge is 0.490 e. The Kier molecular flexibility index (Phi) is 1.85. The second-order valence-electron chi connectivity index (χ2n) is 3.08. The second kappa shape index (κ2) is 2.75. The minimum Gasteiger partial charge on any atom is -0.490 e. The van der Waals surface area contributed by atoms with Gasteiger partial charge in [0.2, 0.25) is 0 Å². The lowest BCUT2D eigenvalue weighted by atomic mass is 10.1. The summed E-state index contributed by atoms with van der Waals surface area (Å²) in [7, 11) is 0. The summed E-state index contributed by atoms with van der Waals surface area (Å²) >= 11 is 3.45. The van der Waals surface area contributed by atoms with Crippen molar-refractivity contribution in [3.8, 4) is 5.75 Å². The summed E-state index contributed by atoms with van der Waals surface area (Å²) < 4.78 is 6.43. The molecule has 0 aliphatic carbocycles. The van der Waals surface area contributed by atoms with Crippen LogP contribution in [-0.2, 0) is 0 Å². The van der Waals surface area contributed by atoms with Gasteiger partial charge in [-0.1, -0.05) is 6.07 Å². The number of nitrogens with two attached hydrogens (primary N) is 1. The molecule has 0 spiro atoms. The maximum atomic E-state index is 5.84. The molecule has 1 aromatic carbocycles. The molecule has 0 saturated heterocycles. The van der Waals surface area contributed by atoms with Crippen LogP contribution >= 0.6 is 15.9 Å². The molecule has 12 heavy (non-hydrogen) atoms. The average molecular weight is 228 g/mol. The van der Waals surface area contributed by atoms with E-state index in [2.05, 4.69) is 28.9 Å². The zero-order valence-corrected chi connectivity index (χ0v) is 8.39. The summed E-state index contributed by atoms with van der Waals surface area (Å²) in [5.74, 6) is 0.910. The monoisotopic (exact) mass is 227 g/mol. The minimum atomic E-state index is 0.0381. The van der Waals surface area contributed by atoms with Crippen LogP contribution in [0.25, 0.3) is 0 Å². The predicted octanol–water partition coefficient (Wildman–Crippen LogP) is 2.15. The molecule has 2 N–H and O–H groups in total. The number of rotatable bonds is 0. The lowest BCUT2D eigenvalue weighted by molar-refractivity contribution is 0.331. The number of hydrogen-bond donors (Lipinski definition) is 1. The molecule has 2 nitrogen and oxygen atoms in total. The molecule has 0 radical (unpaired) electrons. The Hall–Kier alpha value is -0.540. The van der Waals surface area contributed by atoms with Gasteiger partial charge in [-0.05, 0) is 34.5 Å². The molecule has 3 heteroatoms. The van der Waals surface area contributed by atoms with Gasteiger partial charge in [0.1, 0.15) is 12.4 Å². The highest BCUT2D eigenvalue weighted by Crippen LogP contribution is 2.38. The normalized spacial score (nSPS) is 20.4. The summed E-state index contributed by atoms with van der Waals surface area (Å²) in [6.45, 7) is 2.65. The van der Waals surface area contributed by atoms with E-state index in [1.807, 2.05) is 6.07 Å². The van der Waals surface area contributed by atoms with Crippen molar-refractivity contribution in [2.75, 3.05) is 6.61 Å². The molecule has 1 unspecified atom stereocenters. The van der Waals surface area contributed by atoms with Gasteiger partial charge in [0.25, 0.3) is 0 Å². The molecule has 2 rings (SSSR count). The van der Waals surface area contributed by atoms with Crippen LogP contribution in [0, 0.1) is 6.92 Å². The van der Waals surface area contributed by atoms with Crippen molar-refractivity contribution < 1.29 is 4.74 Å². The number of hydrogen-bond acceptors (Lipinski definition) is 2. The maximum absolute atomic E-state index is 5.84. The Morgan fingerprint density at radius 3 is 3.08 bits per heavy atom. The van der Waals surface area contributed by atoms with E-state index in [1.165, 1.54) is 5.56 Å². The van der Waals surface area contributed by atoms with Crippen LogP contribution in [0.15, 0.2) is 16.6 Å². The smallest absolute Gasteiger partial charge is 0.138 e. The van der Waals surface area contributed by atoms with Crippen molar-refractivity contribution in [1.82, 2.24) is 0 Å². The van der Waals surface area contributed by atoms with Crippen molar-refractivity contribution in [1.29, 1.82) is 0 Å². The Morgan fingerprint density at radius 2 is 2.33 bits per heavy atom. The average Bonchev–Trinajstić information content (AvgIpc) is 2.33. The Morgan fingerprint density at radius 1 is 1.58 bits per heavy atom. The molecule has 0 bridgehead atoms. The van der Waals surface area contributed by atoms with Crippen molar-refractivity contribution in [3.05, 3.63) is 27.7 Å². The van der Waals surface area contributed by atoms with Crippen LogP contribution in [0.5, 0.6) is 5.75 Å². The van der Waals surface area contributed by atoms with E-state index < -0.39 is 0 Å². The molecule has 1 atom stereocenters. The number of halogens is 1. The number of aryl methyl sites for hydroxylation is 1. The van der Waals surface area contributed by atoms with E-state index in [-0.39, 0.29) is 6.04 Å². The van der Waals surface area contributed by atoms with E-state index in [0.717, 1.165) is 15.8 Å². The van der Waals surface area contributed by atoms with Gasteiger partial charge in [0.05, 0.1) is 10.5 Å². The summed E-state index contributed by atoms with van der Waals surface area (Å²) in [5.41, 5.74) is 8.16. The van der Waals surface area contributed by atoms with Crippen molar-refractivity contribution in [2.24, 2.45) is 5.73 Å². The third-order valence-electron chi connectivity index (χ3n) is 2.02. The first kappa shape index (κ1) is 8.08. The van der Waals surface area contributed by atoms with Gasteiger partial charge in [0, 0.05) is 5.56 Å². The van der Waals surface area contributed by atoms with Crippen LogP contribution < -0.4 is 10.5 Å². The number of fused-ring (bicyclic) bond motifs is 1. The van der Waals surface area contributed by atoms with Gasteiger partial charge in [-0.15, -0.1) is 0 Å². The third kappa shape index (κ3) is 1.13. The molecular weight excluding hydrogens is 218 g/mol. The van der Waals surface area contributed by atoms with Gasteiger partial charge in [-0.2, -0.15) is 0 Å². The fraction of sp³-hybridized carbons (Fsp3) is 0.333. The highest BCUT2D eigenvalue weighted by molar-refractivity contribution is 9.10. The van der Waals surface area contributed by atoms with Gasteiger partial charge in [-0.3, -0.25) is 0 Å². The molecule has 1 aliphatic heterocycles. The summed E-state index contributed by atoms with van der Waals surface area (Å²) in [4.78, 5) is 0. The zero-order valence-electron chi connectivity index (χ0n) is 6.80. The van der Waals surface area contributed by atoms with E-state index in [9.17, 15) is 0 Å². The predicted molar refractivity (Wildman–Crippen MR) is 51.3 cm³/mol. The Bertz CT molecular complexity index is 325. The standard InChI is InChI=1S/C9H10BrNO/c1-5-2-6-8(11)4-12-9(6)7(10)3-5/h2-3,8H,4,11H2,1H3. The minimum absolute atomic E-state index is 0.0381. The summed E-state index contributed by atoms with van der Waals surface area (Å²) in [6, 6.07) is 4.16. The van der Waals surface area contributed by atoms with Gasteiger partial charge < -0.3 is 10.5 Å². The maximum Gasteiger partial charge on any atom is 0.138 e. The molecule has 0 fully saturated rings. The lowest BCUT2D eigenvalue weighted by Crippen LogP contribution is -2.10. The second-order valence-corrected chi connectivity index (χ2v) is 3.94. The molecule has 0 amide bonds. The molecule has 1 aliphatic rings. The van der Waals surface area contributed by atoms with Crippen molar-refractivity contribution in [2.45, 2.75) is 13.0 Å². The molecule has 64 valence electrons. The van der Waals surface area contributed by atoms with Crippen LogP contribution in [0.1, 0.15) is 17.2 Å². The van der Waals surface area contributed by atoms with Gasteiger partial charge >= 0.3 is 0 Å². The fourth-order valence-corrected chi connectivity index (χ4v) is 2.15. The SMILES string of the molecule is Cc1cc(Br)c2c(c1)C(N)CO2. The third-order valence-corrected chi connectivity index (χ3v) is 2.61. The number of ether oxygens (including phenoxy) is 1. The Balaban J connectivity index is 2.60. The van der Waals surface area contributed by atoms with Gasteiger partial charge in [0.15, 0.2) is 0 Å². The van der Waals surface area contributed by atoms with Crippen LogP contribution in [0.2, 0.25) is 0 Å². The lowest BCUT2D eigenvalue weighted by Gasteiger charge is -2.03. The first-order valence-electron chi connectivity index (χ1n) is 3.87. The fourth-order valence-electron chi connectivity index (χ4n) is 1.45. The molecule has 1 heterocycles. The molecule has 0 saturated carbocycles. The van der Waals surface area contributed by atoms with Crippen LogP contribution in [-0.4, -0.2) is 6.61 Å². The van der Waals surface area contributed by atoms with Crippen molar-refractivity contribution in [3.63, 3.8) is 0 Å². The van der Waals surface area contributed by atoms with E-state index >= 15 is 0 Å². The quantitative estimate of drug-likeness (QED) is 0.738. The molecule has 0 aromatic heterocycles.